The molecule has 0 saturated carbocycles. The molecule has 4 rings (SSSR count). The largest absolute Gasteiger partial charge is 0.493 e. The first kappa shape index (κ1) is 29.6. The highest BCUT2D eigenvalue weighted by Crippen LogP contribution is 2.42. The molecule has 2 N–H and O–H groups in total. The van der Waals surface area contributed by atoms with E-state index in [0.29, 0.717) is 27.9 Å². The normalized spacial score (nSPS) is 15.5. The first-order valence-corrected chi connectivity index (χ1v) is 16.0. The number of hydrogen-bond donors (Lipinski definition) is 2. The van der Waals surface area contributed by atoms with E-state index in [0.717, 1.165) is 25.6 Å². The molecule has 0 aliphatic carbocycles. The highest BCUT2D eigenvalue weighted by atomic mass is 32.3. The molecule has 0 bridgehead atoms. The van der Waals surface area contributed by atoms with Crippen LogP contribution in [0.25, 0.3) is 10.9 Å². The topological polar surface area (TPSA) is 166 Å². The zero-order valence-corrected chi connectivity index (χ0v) is 24.4. The average Bonchev–Trinajstić information content (AvgIpc) is 2.89. The summed E-state index contributed by atoms with van der Waals surface area (Å²) in [5.41, 5.74) is 0.0138. The number of nitrogens with one attached hydrogen (secondary N) is 2. The number of benzene rings is 2. The molecule has 1 aliphatic rings. The van der Waals surface area contributed by atoms with Crippen LogP contribution in [0.3, 0.4) is 0 Å². The van der Waals surface area contributed by atoms with Crippen LogP contribution >= 0.6 is 0 Å². The molecule has 1 fully saturated rings. The second kappa shape index (κ2) is 11.6. The van der Waals surface area contributed by atoms with Gasteiger partial charge in [-0.1, -0.05) is 12.1 Å². The quantitative estimate of drug-likeness (QED) is 0.348. The number of anilines is 1. The van der Waals surface area contributed by atoms with Crippen molar-refractivity contribution in [3.05, 3.63) is 52.1 Å². The number of nitrogens with zero attached hydrogens (tertiary/aromatic N) is 2. The Morgan fingerprint density at radius 1 is 0.950 bits per heavy atom. The van der Waals surface area contributed by atoms with Gasteiger partial charge in [0, 0.05) is 6.07 Å². The van der Waals surface area contributed by atoms with Crippen LogP contribution in [-0.4, -0.2) is 79.8 Å². The summed E-state index contributed by atoms with van der Waals surface area (Å²) in [6, 6.07) is 7.47. The van der Waals surface area contributed by atoms with Gasteiger partial charge in [-0.3, -0.25) is 4.79 Å². The van der Waals surface area contributed by atoms with Gasteiger partial charge in [0.1, 0.15) is 17.3 Å². The molecule has 3 aromatic rings. The molecular formula is C25H32N4O9S2. The molecule has 15 heteroatoms. The van der Waals surface area contributed by atoms with Gasteiger partial charge in [-0.25, -0.2) is 21.8 Å². The Morgan fingerprint density at radius 2 is 1.60 bits per heavy atom. The van der Waals surface area contributed by atoms with E-state index in [1.165, 1.54) is 39.5 Å². The molecule has 40 heavy (non-hydrogen) atoms. The molecule has 0 radical (unpaired) electrons. The monoisotopic (exact) mass is 596 g/mol. The highest BCUT2D eigenvalue weighted by molar-refractivity contribution is 8.09. The molecule has 1 atom stereocenters. The van der Waals surface area contributed by atoms with Gasteiger partial charge >= 0.3 is 0 Å². The van der Waals surface area contributed by atoms with Crippen LogP contribution in [0.5, 0.6) is 17.2 Å². The Hall–Kier alpha value is -3.40. The van der Waals surface area contributed by atoms with Crippen molar-refractivity contribution in [3.8, 4) is 17.2 Å². The molecular weight excluding hydrogens is 564 g/mol. The van der Waals surface area contributed by atoms with E-state index in [1.807, 2.05) is 0 Å². The lowest BCUT2D eigenvalue weighted by atomic mass is 10.0. The van der Waals surface area contributed by atoms with E-state index in [9.17, 15) is 21.6 Å². The molecule has 1 unspecified atom stereocenters. The maximum atomic E-state index is 13.4. The van der Waals surface area contributed by atoms with Gasteiger partial charge in [-0.05, 0) is 43.6 Å². The zero-order valence-electron chi connectivity index (χ0n) is 22.8. The number of hydrogen-bond acceptors (Lipinski definition) is 11. The van der Waals surface area contributed by atoms with Crippen LogP contribution in [0.2, 0.25) is 0 Å². The summed E-state index contributed by atoms with van der Waals surface area (Å²) in [4.78, 5) is 20.9. The Morgan fingerprint density at radius 3 is 2.17 bits per heavy atom. The number of rotatable bonds is 10. The van der Waals surface area contributed by atoms with Crippen molar-refractivity contribution in [2.24, 2.45) is 0 Å². The number of methoxy groups -OCH3 is 3. The lowest BCUT2D eigenvalue weighted by Crippen LogP contribution is -2.35. The molecule has 0 spiro atoms. The first-order chi connectivity index (χ1) is 18.9. The highest BCUT2D eigenvalue weighted by Gasteiger charge is 2.30. The molecule has 2 heterocycles. The number of H-pyrrole nitrogens is 1. The fraction of sp³-hybridized carbons (Fsp3) is 0.440. The summed E-state index contributed by atoms with van der Waals surface area (Å²) in [5, 5.41) is 3.40. The first-order valence-electron chi connectivity index (χ1n) is 12.3. The number of ether oxygens (including phenoxy) is 4. The van der Waals surface area contributed by atoms with Crippen molar-refractivity contribution >= 4 is 36.6 Å². The van der Waals surface area contributed by atoms with Crippen molar-refractivity contribution in [1.29, 1.82) is 0 Å². The lowest BCUT2D eigenvalue weighted by Gasteiger charge is -2.29. The van der Waals surface area contributed by atoms with Crippen molar-refractivity contribution < 1.29 is 35.8 Å². The van der Waals surface area contributed by atoms with Crippen LogP contribution < -0.4 is 28.8 Å². The Kier molecular flexibility index (Phi) is 8.58. The minimum Gasteiger partial charge on any atom is -0.493 e. The van der Waals surface area contributed by atoms with E-state index in [2.05, 4.69) is 15.3 Å². The van der Waals surface area contributed by atoms with Crippen molar-refractivity contribution in [1.82, 2.24) is 15.3 Å². The molecule has 0 amide bonds. The molecule has 2 aromatic carbocycles. The van der Waals surface area contributed by atoms with Gasteiger partial charge < -0.3 is 29.2 Å². The summed E-state index contributed by atoms with van der Waals surface area (Å²) < 4.78 is 72.8. The van der Waals surface area contributed by atoms with Crippen LogP contribution in [0.4, 0.5) is 5.69 Å². The second-order valence-corrected chi connectivity index (χ2v) is 13.2. The van der Waals surface area contributed by atoms with E-state index in [-0.39, 0.29) is 40.0 Å². The molecule has 218 valence electrons. The number of aromatic nitrogens is 2. The van der Waals surface area contributed by atoms with E-state index in [4.69, 9.17) is 18.9 Å². The number of piperidine rings is 1. The summed E-state index contributed by atoms with van der Waals surface area (Å²) in [7, 11) is -4.10. The number of sulfonamides is 2. The third-order valence-corrected chi connectivity index (χ3v) is 9.62. The minimum atomic E-state index is -4.18. The van der Waals surface area contributed by atoms with Crippen LogP contribution in [0.1, 0.15) is 30.3 Å². The van der Waals surface area contributed by atoms with Crippen molar-refractivity contribution in [2.45, 2.75) is 25.0 Å². The fourth-order valence-electron chi connectivity index (χ4n) is 4.77. The van der Waals surface area contributed by atoms with E-state index in [1.54, 1.807) is 12.1 Å². The molecule has 1 aromatic heterocycles. The third kappa shape index (κ3) is 6.01. The molecule has 1 saturated heterocycles. The Labute approximate surface area is 232 Å². The zero-order chi connectivity index (χ0) is 29.2. The second-order valence-electron chi connectivity index (χ2n) is 9.27. The predicted molar refractivity (Wildman–Crippen MR) is 149 cm³/mol. The lowest BCUT2D eigenvalue weighted by molar-refractivity contribution is -0.0119. The van der Waals surface area contributed by atoms with Crippen LogP contribution in [0.15, 0.2) is 35.1 Å². The minimum absolute atomic E-state index is 0.0994. The molecule has 1 aliphatic heterocycles. The van der Waals surface area contributed by atoms with Crippen LogP contribution in [-0.2, 0) is 24.8 Å². The van der Waals surface area contributed by atoms with Gasteiger partial charge in [-0.2, -0.15) is 3.71 Å². The van der Waals surface area contributed by atoms with Gasteiger partial charge in [0.15, 0.2) is 11.5 Å². The maximum Gasteiger partial charge on any atom is 0.262 e. The smallest absolute Gasteiger partial charge is 0.262 e. The summed E-state index contributed by atoms with van der Waals surface area (Å²) in [6.07, 6.45) is 1.80. The fourth-order valence-corrected chi connectivity index (χ4v) is 7.73. The maximum absolute atomic E-state index is 13.4. The van der Waals surface area contributed by atoms with Crippen molar-refractivity contribution in [3.63, 3.8) is 0 Å². The van der Waals surface area contributed by atoms with E-state index >= 15 is 0 Å². The average molecular weight is 597 g/mol. The Balaban J connectivity index is 1.93. The molecule has 13 nitrogen and oxygen atoms in total. The summed E-state index contributed by atoms with van der Waals surface area (Å²) in [6.45, 7) is 1.45. The SMILES string of the molecule is COc1cc2nc(C(OC3CCNCC3)c3cccc(N(S(C)(=O)=O)S(C)(=O)=O)c3)[nH]c(=O)c2c(OC)c1OC. The predicted octanol–water partition coefficient (Wildman–Crippen LogP) is 1.53. The number of fused-ring (bicyclic) bond motifs is 1. The number of aromatic amines is 1. The van der Waals surface area contributed by atoms with Gasteiger partial charge in [0.2, 0.25) is 25.8 Å². The van der Waals surface area contributed by atoms with Crippen molar-refractivity contribution in [2.75, 3.05) is 50.6 Å². The van der Waals surface area contributed by atoms with E-state index < -0.39 is 31.7 Å². The van der Waals surface area contributed by atoms with Gasteiger partial charge in [0.25, 0.3) is 5.56 Å². The third-order valence-electron chi connectivity index (χ3n) is 6.37. The van der Waals surface area contributed by atoms with Crippen LogP contribution in [0, 0.1) is 0 Å². The summed E-state index contributed by atoms with van der Waals surface area (Å²) >= 11 is 0. The van der Waals surface area contributed by atoms with Gasteiger partial charge in [-0.15, -0.1) is 0 Å². The Bertz CT molecular complexity index is 1640. The summed E-state index contributed by atoms with van der Waals surface area (Å²) in [5.74, 6) is 0.805. The standard InChI is InChI=1S/C25H32N4O9S2/c1-35-19-14-18-20(23(37-3)22(19)36-2)25(30)28-24(27-18)21(38-17-9-11-26-12-10-17)15-7-6-8-16(13-15)29(39(4,31)32)40(5,33)34/h6-8,13-14,17,21,26H,9-12H2,1-5H3,(H,27,28,30). The van der Waals surface area contributed by atoms with Gasteiger partial charge in [0.05, 0.1) is 51.1 Å².